The van der Waals surface area contributed by atoms with E-state index in [1.807, 2.05) is 45.9 Å². The van der Waals surface area contributed by atoms with E-state index in [2.05, 4.69) is 0 Å². The van der Waals surface area contributed by atoms with Crippen molar-refractivity contribution in [2.75, 3.05) is 0 Å². The van der Waals surface area contributed by atoms with Gasteiger partial charge in [0.25, 0.3) is 0 Å². The first-order valence-corrected chi connectivity index (χ1v) is 4.59. The van der Waals surface area contributed by atoms with E-state index in [1.54, 1.807) is 12.2 Å². The molecule has 72 valence electrons. The molecule has 1 atom stereocenters. The van der Waals surface area contributed by atoms with Crippen molar-refractivity contribution in [1.82, 2.24) is 0 Å². The van der Waals surface area contributed by atoms with Crippen LogP contribution in [-0.4, -0.2) is 5.78 Å². The summed E-state index contributed by atoms with van der Waals surface area (Å²) in [6, 6.07) is 0. The van der Waals surface area contributed by atoms with Gasteiger partial charge in [-0.25, -0.2) is 0 Å². The van der Waals surface area contributed by atoms with Crippen molar-refractivity contribution in [1.29, 1.82) is 0 Å². The molecular formula is C12H18O. The average Bonchev–Trinajstić information content (AvgIpc) is 2.05. The number of ketones is 1. The van der Waals surface area contributed by atoms with Crippen LogP contribution >= 0.6 is 0 Å². The van der Waals surface area contributed by atoms with E-state index < -0.39 is 0 Å². The molecule has 0 bridgehead atoms. The van der Waals surface area contributed by atoms with Crippen LogP contribution in [0, 0.1) is 5.92 Å². The molecule has 0 rings (SSSR count). The fraction of sp³-hybridized carbons (Fsp3) is 0.417. The van der Waals surface area contributed by atoms with Gasteiger partial charge >= 0.3 is 0 Å². The molecule has 0 aliphatic rings. The molecule has 0 radical (unpaired) electrons. The van der Waals surface area contributed by atoms with Crippen LogP contribution in [-0.2, 0) is 4.79 Å². The van der Waals surface area contributed by atoms with Gasteiger partial charge in [0.15, 0.2) is 5.78 Å². The maximum atomic E-state index is 11.3. The van der Waals surface area contributed by atoms with Gasteiger partial charge in [-0.1, -0.05) is 36.8 Å². The number of hydrogen-bond donors (Lipinski definition) is 0. The molecule has 0 aromatic heterocycles. The van der Waals surface area contributed by atoms with Crippen molar-refractivity contribution in [3.63, 3.8) is 0 Å². The van der Waals surface area contributed by atoms with Gasteiger partial charge in [0, 0.05) is 5.92 Å². The van der Waals surface area contributed by atoms with Crippen LogP contribution in [0.1, 0.15) is 27.7 Å². The second kappa shape index (κ2) is 6.41. The molecule has 0 heterocycles. The smallest absolute Gasteiger partial charge is 0.161 e. The zero-order valence-corrected chi connectivity index (χ0v) is 8.87. The highest BCUT2D eigenvalue weighted by molar-refractivity contribution is 5.92. The average molecular weight is 178 g/mol. The molecule has 1 unspecified atom stereocenters. The summed E-state index contributed by atoms with van der Waals surface area (Å²) in [5.74, 6) is 0.138. The fourth-order valence-electron chi connectivity index (χ4n) is 1.11. The Hall–Kier alpha value is -1.11. The summed E-state index contributed by atoms with van der Waals surface area (Å²) in [6.45, 7) is 7.73. The van der Waals surface area contributed by atoms with Crippen molar-refractivity contribution in [3.8, 4) is 0 Å². The van der Waals surface area contributed by atoms with Crippen LogP contribution < -0.4 is 0 Å². The minimum atomic E-state index is -0.0209. The van der Waals surface area contributed by atoms with Crippen LogP contribution in [0.2, 0.25) is 0 Å². The van der Waals surface area contributed by atoms with E-state index >= 15 is 0 Å². The minimum Gasteiger partial charge on any atom is -0.294 e. The molecule has 0 fully saturated rings. The summed E-state index contributed by atoms with van der Waals surface area (Å²) in [5, 5.41) is 0. The molecule has 1 nitrogen and oxygen atoms in total. The Morgan fingerprint density at radius 2 is 1.69 bits per heavy atom. The van der Waals surface area contributed by atoms with Gasteiger partial charge in [-0.05, 0) is 26.8 Å². The maximum Gasteiger partial charge on any atom is 0.161 e. The molecule has 13 heavy (non-hydrogen) atoms. The Balaban J connectivity index is 4.36. The Bertz CT molecular complexity index is 244. The van der Waals surface area contributed by atoms with E-state index in [0.29, 0.717) is 0 Å². The van der Waals surface area contributed by atoms with Gasteiger partial charge in [0.2, 0.25) is 0 Å². The Morgan fingerprint density at radius 3 is 2.15 bits per heavy atom. The first-order chi connectivity index (χ1) is 6.11. The van der Waals surface area contributed by atoms with Gasteiger partial charge in [0.05, 0.1) is 0 Å². The van der Waals surface area contributed by atoms with Crippen LogP contribution in [0.25, 0.3) is 0 Å². The second-order valence-corrected chi connectivity index (χ2v) is 3.10. The zero-order chi connectivity index (χ0) is 10.3. The first kappa shape index (κ1) is 11.9. The largest absolute Gasteiger partial charge is 0.294 e. The standard InChI is InChI=1S/C12H18O/c1-5-7-10(3)9-11(4)12(13)8-6-2/h5-9,11H,1-4H3/b7-5+,8-6+,10-9+. The van der Waals surface area contributed by atoms with Crippen LogP contribution in [0.4, 0.5) is 0 Å². The van der Waals surface area contributed by atoms with Gasteiger partial charge in [-0.3, -0.25) is 4.79 Å². The topological polar surface area (TPSA) is 17.1 Å². The van der Waals surface area contributed by atoms with Crippen LogP contribution in [0.3, 0.4) is 0 Å². The molecule has 0 amide bonds. The molecule has 0 saturated heterocycles. The van der Waals surface area contributed by atoms with Crippen molar-refractivity contribution in [3.05, 3.63) is 36.0 Å². The lowest BCUT2D eigenvalue weighted by Gasteiger charge is -2.01. The van der Waals surface area contributed by atoms with E-state index in [1.165, 1.54) is 0 Å². The third-order valence-corrected chi connectivity index (χ3v) is 1.72. The van der Waals surface area contributed by atoms with E-state index in [0.717, 1.165) is 5.57 Å². The lowest BCUT2D eigenvalue weighted by atomic mass is 10.0. The lowest BCUT2D eigenvalue weighted by Crippen LogP contribution is -2.04. The van der Waals surface area contributed by atoms with E-state index in [-0.39, 0.29) is 11.7 Å². The number of allylic oxidation sites excluding steroid dienone is 6. The summed E-state index contributed by atoms with van der Waals surface area (Å²) in [7, 11) is 0. The predicted octanol–water partition coefficient (Wildman–Crippen LogP) is 3.29. The highest BCUT2D eigenvalue weighted by Crippen LogP contribution is 2.06. The van der Waals surface area contributed by atoms with Crippen molar-refractivity contribution >= 4 is 5.78 Å². The first-order valence-electron chi connectivity index (χ1n) is 4.59. The normalized spacial score (nSPS) is 15.5. The fourth-order valence-corrected chi connectivity index (χ4v) is 1.11. The molecule has 0 N–H and O–H groups in total. The second-order valence-electron chi connectivity index (χ2n) is 3.10. The molecule has 0 aromatic carbocycles. The monoisotopic (exact) mass is 178 g/mol. The highest BCUT2D eigenvalue weighted by Gasteiger charge is 2.04. The molecule has 0 aliphatic heterocycles. The number of carbonyl (C=O) groups is 1. The molecule has 0 saturated carbocycles. The molecule has 0 aromatic rings. The molecule has 0 spiro atoms. The molecule has 1 heteroatoms. The van der Waals surface area contributed by atoms with Crippen molar-refractivity contribution in [2.24, 2.45) is 5.92 Å². The summed E-state index contributed by atoms with van der Waals surface area (Å²) >= 11 is 0. The summed E-state index contributed by atoms with van der Waals surface area (Å²) in [5.41, 5.74) is 1.13. The summed E-state index contributed by atoms with van der Waals surface area (Å²) in [4.78, 5) is 11.3. The number of carbonyl (C=O) groups excluding carboxylic acids is 1. The van der Waals surface area contributed by atoms with Crippen molar-refractivity contribution in [2.45, 2.75) is 27.7 Å². The third kappa shape index (κ3) is 5.18. The molecular weight excluding hydrogens is 160 g/mol. The minimum absolute atomic E-state index is 0.0209. The van der Waals surface area contributed by atoms with Crippen molar-refractivity contribution < 1.29 is 4.79 Å². The molecule has 0 aliphatic carbocycles. The van der Waals surface area contributed by atoms with Gasteiger partial charge in [-0.2, -0.15) is 0 Å². The quantitative estimate of drug-likeness (QED) is 0.477. The summed E-state index contributed by atoms with van der Waals surface area (Å²) < 4.78 is 0. The Labute approximate surface area is 80.8 Å². The van der Waals surface area contributed by atoms with E-state index in [9.17, 15) is 4.79 Å². The maximum absolute atomic E-state index is 11.3. The number of hydrogen-bond acceptors (Lipinski definition) is 1. The van der Waals surface area contributed by atoms with E-state index in [4.69, 9.17) is 0 Å². The van der Waals surface area contributed by atoms with Gasteiger partial charge in [0.1, 0.15) is 0 Å². The lowest BCUT2D eigenvalue weighted by molar-refractivity contribution is -0.116. The Morgan fingerprint density at radius 1 is 1.15 bits per heavy atom. The number of rotatable bonds is 4. The third-order valence-electron chi connectivity index (χ3n) is 1.72. The predicted molar refractivity (Wildman–Crippen MR) is 57.6 cm³/mol. The van der Waals surface area contributed by atoms with Crippen LogP contribution in [0.15, 0.2) is 36.0 Å². The van der Waals surface area contributed by atoms with Crippen LogP contribution in [0.5, 0.6) is 0 Å². The van der Waals surface area contributed by atoms with Gasteiger partial charge < -0.3 is 0 Å². The highest BCUT2D eigenvalue weighted by atomic mass is 16.1. The zero-order valence-electron chi connectivity index (χ0n) is 8.87. The summed E-state index contributed by atoms with van der Waals surface area (Å²) in [6.07, 6.45) is 9.34. The van der Waals surface area contributed by atoms with Gasteiger partial charge in [-0.15, -0.1) is 0 Å². The Kier molecular flexibility index (Phi) is 5.86. The SMILES string of the molecule is C/C=C/C(=O)C(C)/C=C(C)/C=C/C.